The Kier molecular flexibility index (Phi) is 7.22. The maximum absolute atomic E-state index is 12.7. The number of fused-ring (bicyclic) bond motifs is 1. The maximum atomic E-state index is 12.7. The largest absolute Gasteiger partial charge is 0.335 e. The number of thiophene rings is 1. The van der Waals surface area contributed by atoms with Gasteiger partial charge in [-0.05, 0) is 87.5 Å². The van der Waals surface area contributed by atoms with Crippen LogP contribution in [0.5, 0.6) is 0 Å². The van der Waals surface area contributed by atoms with Crippen molar-refractivity contribution in [1.29, 1.82) is 0 Å². The second-order valence-electron chi connectivity index (χ2n) is 10.4. The first kappa shape index (κ1) is 22.6. The molecule has 4 nitrogen and oxygen atoms in total. The van der Waals surface area contributed by atoms with Crippen molar-refractivity contribution in [3.63, 3.8) is 0 Å². The number of piperidine rings is 1. The summed E-state index contributed by atoms with van der Waals surface area (Å²) in [5.74, 6) is 0. The van der Waals surface area contributed by atoms with Crippen molar-refractivity contribution in [1.82, 2.24) is 10.2 Å². The predicted molar refractivity (Wildman–Crippen MR) is 133 cm³/mol. The summed E-state index contributed by atoms with van der Waals surface area (Å²) in [4.78, 5) is 15.4. The molecule has 2 fully saturated rings. The molecule has 31 heavy (non-hydrogen) atoms. The maximum Gasteiger partial charge on any atom is 0.319 e. The number of likely N-dealkylation sites (tertiary alicyclic amines) is 1. The van der Waals surface area contributed by atoms with E-state index in [2.05, 4.69) is 53.8 Å². The van der Waals surface area contributed by atoms with Gasteiger partial charge in [-0.3, -0.25) is 4.90 Å². The molecule has 2 heterocycles. The molecule has 1 aromatic carbocycles. The van der Waals surface area contributed by atoms with Gasteiger partial charge in [0, 0.05) is 28.0 Å². The molecule has 1 saturated carbocycles. The van der Waals surface area contributed by atoms with Crippen molar-refractivity contribution in [2.24, 2.45) is 0 Å². The summed E-state index contributed by atoms with van der Waals surface area (Å²) in [6, 6.07) is 7.11. The molecule has 1 atom stereocenters. The molecule has 1 aliphatic carbocycles. The van der Waals surface area contributed by atoms with Gasteiger partial charge in [0.2, 0.25) is 0 Å². The van der Waals surface area contributed by atoms with Gasteiger partial charge in [-0.1, -0.05) is 38.5 Å². The molecule has 2 aromatic rings. The highest BCUT2D eigenvalue weighted by molar-refractivity contribution is 7.17. The van der Waals surface area contributed by atoms with Crippen LogP contribution in [-0.4, -0.2) is 29.1 Å². The molecule has 170 valence electrons. The van der Waals surface area contributed by atoms with Gasteiger partial charge in [-0.25, -0.2) is 4.79 Å². The first-order valence-electron chi connectivity index (χ1n) is 12.3. The summed E-state index contributed by atoms with van der Waals surface area (Å²) in [6.45, 7) is 8.14. The minimum Gasteiger partial charge on any atom is -0.335 e. The summed E-state index contributed by atoms with van der Waals surface area (Å²) in [7, 11) is 0. The number of hydrogen-bond donors (Lipinski definition) is 2. The lowest BCUT2D eigenvalue weighted by Gasteiger charge is -2.44. The summed E-state index contributed by atoms with van der Waals surface area (Å²) in [5.41, 5.74) is 2.49. The van der Waals surface area contributed by atoms with Crippen LogP contribution in [0, 0.1) is 0 Å². The Morgan fingerprint density at radius 1 is 1.00 bits per heavy atom. The SMILES string of the molecule is CC(C)(C)N1CCCCC1c1csc2ccc(NC(=O)NC3CCCCCCC3)cc12. The normalized spacial score (nSPS) is 22.1. The van der Waals surface area contributed by atoms with Gasteiger partial charge in [-0.15, -0.1) is 11.3 Å². The van der Waals surface area contributed by atoms with E-state index in [0.29, 0.717) is 12.1 Å². The third-order valence-electron chi connectivity index (χ3n) is 7.03. The van der Waals surface area contributed by atoms with Crippen LogP contribution in [0.2, 0.25) is 0 Å². The average molecular weight is 442 g/mol. The van der Waals surface area contributed by atoms with E-state index >= 15 is 0 Å². The van der Waals surface area contributed by atoms with Crippen LogP contribution in [0.25, 0.3) is 10.1 Å². The van der Waals surface area contributed by atoms with E-state index in [9.17, 15) is 4.79 Å². The third-order valence-corrected chi connectivity index (χ3v) is 8.01. The fourth-order valence-electron chi connectivity index (χ4n) is 5.40. The van der Waals surface area contributed by atoms with Gasteiger partial charge in [-0.2, -0.15) is 0 Å². The number of amides is 2. The van der Waals surface area contributed by atoms with E-state index in [0.717, 1.165) is 25.1 Å². The standard InChI is InChI=1S/C26H39N3OS/c1-26(2,3)29-16-10-9-13-23(29)22-18-31-24-15-14-20(17-21(22)24)28-25(30)27-19-11-7-5-4-6-8-12-19/h14-15,17-19,23H,4-13,16H2,1-3H3,(H2,27,28,30). The first-order chi connectivity index (χ1) is 14.9. The van der Waals surface area contributed by atoms with Gasteiger partial charge in [0.1, 0.15) is 0 Å². The minimum atomic E-state index is -0.0595. The van der Waals surface area contributed by atoms with Crippen LogP contribution in [-0.2, 0) is 0 Å². The summed E-state index contributed by atoms with van der Waals surface area (Å²) in [5, 5.41) is 9.99. The van der Waals surface area contributed by atoms with Gasteiger partial charge in [0.25, 0.3) is 0 Å². The predicted octanol–water partition coefficient (Wildman–Crippen LogP) is 7.46. The Balaban J connectivity index is 1.49. The number of hydrogen-bond acceptors (Lipinski definition) is 3. The van der Waals surface area contributed by atoms with E-state index in [1.165, 1.54) is 67.0 Å². The highest BCUT2D eigenvalue weighted by atomic mass is 32.1. The third kappa shape index (κ3) is 5.61. The summed E-state index contributed by atoms with van der Waals surface area (Å²) in [6.07, 6.45) is 12.4. The molecule has 4 rings (SSSR count). The highest BCUT2D eigenvalue weighted by Gasteiger charge is 2.33. The minimum absolute atomic E-state index is 0.0595. The van der Waals surface area contributed by atoms with Crippen molar-refractivity contribution in [3.05, 3.63) is 29.1 Å². The van der Waals surface area contributed by atoms with Gasteiger partial charge < -0.3 is 10.6 Å². The lowest BCUT2D eigenvalue weighted by molar-refractivity contribution is 0.0518. The fourth-order valence-corrected chi connectivity index (χ4v) is 6.38. The number of nitrogens with zero attached hydrogens (tertiary/aromatic N) is 1. The summed E-state index contributed by atoms with van der Waals surface area (Å²) < 4.78 is 1.31. The van der Waals surface area contributed by atoms with Crippen molar-refractivity contribution in [3.8, 4) is 0 Å². The zero-order chi connectivity index (χ0) is 21.8. The Morgan fingerprint density at radius 2 is 1.71 bits per heavy atom. The fraction of sp³-hybridized carbons (Fsp3) is 0.654. The van der Waals surface area contributed by atoms with E-state index in [1.54, 1.807) is 0 Å². The number of urea groups is 1. The molecule has 0 radical (unpaired) electrons. The van der Waals surface area contributed by atoms with Crippen molar-refractivity contribution < 1.29 is 4.79 Å². The monoisotopic (exact) mass is 441 g/mol. The van der Waals surface area contributed by atoms with Crippen LogP contribution in [0.1, 0.15) is 96.6 Å². The van der Waals surface area contributed by atoms with Gasteiger partial charge in [0.15, 0.2) is 0 Å². The number of carbonyl (C=O) groups excluding carboxylic acids is 1. The number of carbonyl (C=O) groups is 1. The summed E-state index contributed by atoms with van der Waals surface area (Å²) >= 11 is 1.83. The van der Waals surface area contributed by atoms with E-state index in [1.807, 2.05) is 17.4 Å². The van der Waals surface area contributed by atoms with Crippen LogP contribution in [0.3, 0.4) is 0 Å². The molecule has 2 N–H and O–H groups in total. The molecular weight excluding hydrogens is 402 g/mol. The number of rotatable bonds is 3. The van der Waals surface area contributed by atoms with Crippen LogP contribution >= 0.6 is 11.3 Å². The zero-order valence-electron chi connectivity index (χ0n) is 19.5. The smallest absolute Gasteiger partial charge is 0.319 e. The van der Waals surface area contributed by atoms with Crippen LogP contribution in [0.4, 0.5) is 10.5 Å². The van der Waals surface area contributed by atoms with E-state index in [-0.39, 0.29) is 11.6 Å². The van der Waals surface area contributed by atoms with Crippen LogP contribution in [0.15, 0.2) is 23.6 Å². The Labute approximate surface area is 191 Å². The van der Waals surface area contributed by atoms with Gasteiger partial charge in [0.05, 0.1) is 0 Å². The lowest BCUT2D eigenvalue weighted by Crippen LogP contribution is -2.46. The molecule has 1 saturated heterocycles. The van der Waals surface area contributed by atoms with Gasteiger partial charge >= 0.3 is 6.03 Å². The quantitative estimate of drug-likeness (QED) is 0.519. The topological polar surface area (TPSA) is 44.4 Å². The van der Waals surface area contributed by atoms with Crippen molar-refractivity contribution >= 4 is 33.1 Å². The van der Waals surface area contributed by atoms with E-state index < -0.39 is 0 Å². The molecule has 1 aromatic heterocycles. The second kappa shape index (κ2) is 9.91. The first-order valence-corrected chi connectivity index (χ1v) is 13.2. The molecular formula is C26H39N3OS. The highest BCUT2D eigenvalue weighted by Crippen LogP contribution is 2.41. The molecule has 0 spiro atoms. The van der Waals surface area contributed by atoms with E-state index in [4.69, 9.17) is 0 Å². The number of benzene rings is 1. The Bertz CT molecular complexity index is 876. The molecule has 2 aliphatic rings. The van der Waals surface area contributed by atoms with Crippen molar-refractivity contribution in [2.45, 2.75) is 103 Å². The zero-order valence-corrected chi connectivity index (χ0v) is 20.3. The molecule has 5 heteroatoms. The van der Waals surface area contributed by atoms with Crippen molar-refractivity contribution in [2.75, 3.05) is 11.9 Å². The molecule has 2 amide bonds. The molecule has 1 aliphatic heterocycles. The Hall–Kier alpha value is -1.59. The number of nitrogens with one attached hydrogen (secondary N) is 2. The second-order valence-corrected chi connectivity index (χ2v) is 11.3. The Morgan fingerprint density at radius 3 is 2.45 bits per heavy atom. The van der Waals surface area contributed by atoms with Crippen LogP contribution < -0.4 is 10.6 Å². The number of anilines is 1. The molecule has 0 bridgehead atoms. The lowest BCUT2D eigenvalue weighted by atomic mass is 9.90. The average Bonchev–Trinajstić information content (AvgIpc) is 3.12. The molecule has 1 unspecified atom stereocenters.